The average Bonchev–Trinajstić information content (AvgIpc) is 2.73. The van der Waals surface area contributed by atoms with Crippen LogP contribution >= 0.6 is 0 Å². The number of ether oxygens (including phenoxy) is 1. The predicted octanol–water partition coefficient (Wildman–Crippen LogP) is 2.09. The van der Waals surface area contributed by atoms with Gasteiger partial charge in [0.1, 0.15) is 12.4 Å². The van der Waals surface area contributed by atoms with Crippen molar-refractivity contribution < 1.29 is 19.2 Å². The van der Waals surface area contributed by atoms with Gasteiger partial charge in [-0.15, -0.1) is 0 Å². The second-order valence-electron chi connectivity index (χ2n) is 6.06. The molecule has 0 aliphatic carbocycles. The first kappa shape index (κ1) is 21.5. The topological polar surface area (TPSA) is 140 Å². The fourth-order valence-corrected chi connectivity index (χ4v) is 2.56. The fraction of sp³-hybridized carbons (Fsp3) is 0.263. The summed E-state index contributed by atoms with van der Waals surface area (Å²) in [4.78, 5) is 32.9. The number of rotatable bonds is 4. The minimum Gasteiger partial charge on any atom is -0.490 e. The van der Waals surface area contributed by atoms with Crippen LogP contribution in [0.15, 0.2) is 48.5 Å². The van der Waals surface area contributed by atoms with Crippen molar-refractivity contribution in [3.63, 3.8) is 0 Å². The van der Waals surface area contributed by atoms with Gasteiger partial charge in [-0.3, -0.25) is 20.3 Å². The molecule has 0 bridgehead atoms. The number of nitrogens with zero attached hydrogens (tertiary/aromatic N) is 2. The lowest BCUT2D eigenvalue weighted by molar-refractivity contribution is -0.384. The van der Waals surface area contributed by atoms with Crippen LogP contribution in [0.3, 0.4) is 0 Å². The van der Waals surface area contributed by atoms with E-state index < -0.39 is 6.03 Å². The van der Waals surface area contributed by atoms with Crippen LogP contribution < -0.4 is 26.2 Å². The number of hydrogen-bond donors (Lipinski definition) is 3. The summed E-state index contributed by atoms with van der Waals surface area (Å²) in [5, 5.41) is 10.9. The molecular weight excluding hydrogens is 378 g/mol. The molecule has 0 radical (unpaired) electrons. The number of primary amides is 1. The number of non-ortho nitro benzene ring substituents is 1. The van der Waals surface area contributed by atoms with Crippen molar-refractivity contribution in [2.24, 2.45) is 5.73 Å². The van der Waals surface area contributed by atoms with Crippen molar-refractivity contribution in [1.29, 1.82) is 0 Å². The quantitative estimate of drug-likeness (QED) is 0.529. The Kier molecular flexibility index (Phi) is 7.78. The Bertz CT molecular complexity index is 859. The molecule has 0 saturated carbocycles. The Morgan fingerprint density at radius 2 is 1.93 bits per heavy atom. The number of nitrogens with two attached hydrogens (primary N) is 1. The van der Waals surface area contributed by atoms with Gasteiger partial charge in [-0.05, 0) is 11.6 Å². The Balaban J connectivity index is 0.000000284. The molecule has 0 fully saturated rings. The SMILES string of the molecule is CCC(=O)NNC(N)=O.O=[N+]([O-])c1ccc2c(c1)N(Cc1ccccc1)CCO2. The number of nitro groups is 1. The predicted molar refractivity (Wildman–Crippen MR) is 107 cm³/mol. The third kappa shape index (κ3) is 6.69. The molecule has 1 heterocycles. The molecule has 1 aliphatic rings. The summed E-state index contributed by atoms with van der Waals surface area (Å²) >= 11 is 0. The molecule has 10 nitrogen and oxygen atoms in total. The molecule has 0 atom stereocenters. The smallest absolute Gasteiger partial charge is 0.330 e. The number of carbonyl (C=O) groups excluding carboxylic acids is 2. The number of fused-ring (bicyclic) bond motifs is 1. The van der Waals surface area contributed by atoms with Crippen LogP contribution in [-0.4, -0.2) is 30.0 Å². The minimum absolute atomic E-state index is 0.0901. The van der Waals surface area contributed by atoms with Crippen LogP contribution in [0.4, 0.5) is 16.2 Å². The van der Waals surface area contributed by atoms with Gasteiger partial charge in [0, 0.05) is 25.1 Å². The molecule has 1 aliphatic heterocycles. The van der Waals surface area contributed by atoms with Gasteiger partial charge in [-0.1, -0.05) is 37.3 Å². The first-order valence-corrected chi connectivity index (χ1v) is 8.95. The van der Waals surface area contributed by atoms with Gasteiger partial charge in [0.15, 0.2) is 0 Å². The summed E-state index contributed by atoms with van der Waals surface area (Å²) in [5.74, 6) is 0.437. The zero-order valence-electron chi connectivity index (χ0n) is 16.0. The average molecular weight is 401 g/mol. The fourth-order valence-electron chi connectivity index (χ4n) is 2.56. The van der Waals surface area contributed by atoms with E-state index in [0.29, 0.717) is 18.8 Å². The molecule has 2 aromatic carbocycles. The van der Waals surface area contributed by atoms with Gasteiger partial charge < -0.3 is 15.4 Å². The lowest BCUT2D eigenvalue weighted by atomic mass is 10.1. The van der Waals surface area contributed by atoms with Crippen LogP contribution in [0.5, 0.6) is 5.75 Å². The normalized spacial score (nSPS) is 11.8. The number of nitro benzene ring substituents is 1. The molecular formula is C19H23N5O5. The zero-order valence-corrected chi connectivity index (χ0v) is 16.0. The molecule has 0 aromatic heterocycles. The second-order valence-corrected chi connectivity index (χ2v) is 6.06. The number of benzene rings is 2. The highest BCUT2D eigenvalue weighted by molar-refractivity contribution is 5.79. The molecule has 0 saturated heterocycles. The van der Waals surface area contributed by atoms with Crippen LogP contribution in [0, 0.1) is 10.1 Å². The summed E-state index contributed by atoms with van der Waals surface area (Å²) < 4.78 is 5.56. The van der Waals surface area contributed by atoms with Crippen LogP contribution in [0.25, 0.3) is 0 Å². The van der Waals surface area contributed by atoms with Crippen molar-refractivity contribution in [3.8, 4) is 5.75 Å². The Hall–Kier alpha value is -3.82. The maximum Gasteiger partial charge on any atom is 0.330 e. The van der Waals surface area contributed by atoms with Crippen LogP contribution in [-0.2, 0) is 11.3 Å². The summed E-state index contributed by atoms with van der Waals surface area (Å²) in [5.41, 5.74) is 10.7. The maximum atomic E-state index is 10.9. The number of anilines is 1. The zero-order chi connectivity index (χ0) is 21.2. The van der Waals surface area contributed by atoms with Gasteiger partial charge in [-0.2, -0.15) is 0 Å². The summed E-state index contributed by atoms with van der Waals surface area (Å²) in [6.07, 6.45) is 0.320. The number of amides is 3. The molecule has 154 valence electrons. The van der Waals surface area contributed by atoms with E-state index in [4.69, 9.17) is 4.74 Å². The van der Waals surface area contributed by atoms with E-state index in [9.17, 15) is 19.7 Å². The number of hydrogen-bond acceptors (Lipinski definition) is 6. The molecule has 0 spiro atoms. The van der Waals surface area contributed by atoms with Gasteiger partial charge in [0.2, 0.25) is 5.91 Å². The van der Waals surface area contributed by atoms with E-state index in [1.54, 1.807) is 19.1 Å². The van der Waals surface area contributed by atoms with Crippen molar-refractivity contribution in [1.82, 2.24) is 10.9 Å². The Labute approximate surface area is 167 Å². The van der Waals surface area contributed by atoms with Crippen LogP contribution in [0.1, 0.15) is 18.9 Å². The van der Waals surface area contributed by atoms with Crippen molar-refractivity contribution in [2.45, 2.75) is 19.9 Å². The molecule has 4 N–H and O–H groups in total. The van der Waals surface area contributed by atoms with Gasteiger partial charge in [0.05, 0.1) is 17.2 Å². The number of urea groups is 1. The lowest BCUT2D eigenvalue weighted by Crippen LogP contribution is -2.44. The van der Waals surface area contributed by atoms with E-state index in [1.807, 2.05) is 35.8 Å². The van der Waals surface area contributed by atoms with Crippen molar-refractivity contribution in [3.05, 3.63) is 64.2 Å². The summed E-state index contributed by atoms with van der Waals surface area (Å²) in [6, 6.07) is 14.0. The molecule has 2 aromatic rings. The summed E-state index contributed by atoms with van der Waals surface area (Å²) in [6.45, 7) is 3.71. The van der Waals surface area contributed by atoms with E-state index in [1.165, 1.54) is 11.6 Å². The van der Waals surface area contributed by atoms with E-state index in [-0.39, 0.29) is 16.5 Å². The molecule has 0 unspecified atom stereocenters. The van der Waals surface area contributed by atoms with Crippen LogP contribution in [0.2, 0.25) is 0 Å². The number of nitrogens with one attached hydrogen (secondary N) is 2. The van der Waals surface area contributed by atoms with Gasteiger partial charge in [-0.25, -0.2) is 10.2 Å². The third-order valence-corrected chi connectivity index (χ3v) is 3.98. The second kappa shape index (κ2) is 10.5. The Morgan fingerprint density at radius 1 is 1.21 bits per heavy atom. The van der Waals surface area contributed by atoms with Gasteiger partial charge in [0.25, 0.3) is 5.69 Å². The van der Waals surface area contributed by atoms with E-state index in [2.05, 4.69) is 16.1 Å². The number of carbonyl (C=O) groups is 2. The largest absolute Gasteiger partial charge is 0.490 e. The van der Waals surface area contributed by atoms with E-state index in [0.717, 1.165) is 18.8 Å². The van der Waals surface area contributed by atoms with Crippen molar-refractivity contribution >= 4 is 23.3 Å². The first-order chi connectivity index (χ1) is 13.9. The highest BCUT2D eigenvalue weighted by Gasteiger charge is 2.21. The monoisotopic (exact) mass is 401 g/mol. The Morgan fingerprint density at radius 3 is 2.55 bits per heavy atom. The molecule has 10 heteroatoms. The first-order valence-electron chi connectivity index (χ1n) is 8.95. The van der Waals surface area contributed by atoms with Crippen molar-refractivity contribution in [2.75, 3.05) is 18.1 Å². The maximum absolute atomic E-state index is 10.9. The van der Waals surface area contributed by atoms with Gasteiger partial charge >= 0.3 is 6.03 Å². The van der Waals surface area contributed by atoms with E-state index >= 15 is 0 Å². The molecule has 29 heavy (non-hydrogen) atoms. The molecule has 3 amide bonds. The highest BCUT2D eigenvalue weighted by Crippen LogP contribution is 2.35. The standard InChI is InChI=1S/C15H14N2O3.C4H9N3O2/c18-17(19)13-6-7-15-14(10-13)16(8-9-20-15)11-12-4-2-1-3-5-12;1-2-3(8)6-7-4(5)9/h1-7,10H,8-9,11H2;2H2,1H3,(H,6,8)(H3,5,7,9). The molecule has 3 rings (SSSR count). The number of hydrazine groups is 1. The summed E-state index contributed by atoms with van der Waals surface area (Å²) in [7, 11) is 0. The minimum atomic E-state index is -0.767. The highest BCUT2D eigenvalue weighted by atomic mass is 16.6. The third-order valence-electron chi connectivity index (χ3n) is 3.98. The lowest BCUT2D eigenvalue weighted by Gasteiger charge is -2.31.